The number of hydrogen-bond donors (Lipinski definition) is 5. The fourth-order valence-corrected chi connectivity index (χ4v) is 7.81. The van der Waals surface area contributed by atoms with Gasteiger partial charge in [-0.05, 0) is 85.1 Å². The number of thiophene rings is 1. The van der Waals surface area contributed by atoms with Gasteiger partial charge in [-0.15, -0.1) is 16.4 Å². The number of H-pyrrole nitrogens is 1. The number of phenolic OH excluding ortho intramolecular Hbond substituents is 1. The highest BCUT2D eigenvalue weighted by atomic mass is 32.1. The van der Waals surface area contributed by atoms with Crippen LogP contribution in [0.1, 0.15) is 30.4 Å². The molecule has 0 bridgehead atoms. The van der Waals surface area contributed by atoms with Crippen molar-refractivity contribution in [2.24, 2.45) is 5.73 Å². The van der Waals surface area contributed by atoms with Crippen LogP contribution in [0.3, 0.4) is 0 Å². The number of primary amides is 1. The van der Waals surface area contributed by atoms with E-state index >= 15 is 0 Å². The summed E-state index contributed by atoms with van der Waals surface area (Å²) in [6, 6.07) is 22.5. The van der Waals surface area contributed by atoms with Gasteiger partial charge in [-0.2, -0.15) is 0 Å². The molecule has 0 aliphatic carbocycles. The van der Waals surface area contributed by atoms with Crippen molar-refractivity contribution in [3.8, 4) is 21.9 Å². The lowest BCUT2D eigenvalue weighted by molar-refractivity contribution is -0.106. The minimum absolute atomic E-state index is 0.111. The van der Waals surface area contributed by atoms with Crippen molar-refractivity contribution in [2.75, 3.05) is 33.3 Å². The number of carbonyl (C=O) groups is 1. The first kappa shape index (κ1) is 36.7. The Balaban J connectivity index is 0.000000924. The molecule has 0 spiro atoms. The number of hydrogen-bond acceptors (Lipinski definition) is 11. The Morgan fingerprint density at radius 1 is 1.08 bits per heavy atom. The van der Waals surface area contributed by atoms with E-state index < -0.39 is 0 Å². The van der Waals surface area contributed by atoms with Gasteiger partial charge in [-0.1, -0.05) is 59.0 Å². The molecule has 50 heavy (non-hydrogen) atoms. The van der Waals surface area contributed by atoms with Crippen LogP contribution in [-0.4, -0.2) is 80.9 Å². The summed E-state index contributed by atoms with van der Waals surface area (Å²) in [7, 11) is 1.00. The molecule has 3 aromatic carbocycles. The van der Waals surface area contributed by atoms with E-state index in [-0.39, 0.29) is 23.1 Å². The SMILES string of the molecule is CO.NC=O.O=c1[nH]c2c(O)ccc(CCNCc3ccc4c(c3)nnn4CCCN3CCC(Oc4ccsc4-c4ccccc4)CC3)c2s1. The van der Waals surface area contributed by atoms with E-state index in [2.05, 4.69) is 85.2 Å². The monoisotopic (exact) mass is 717 g/mol. The van der Waals surface area contributed by atoms with Crippen molar-refractivity contribution in [1.82, 2.24) is 30.2 Å². The van der Waals surface area contributed by atoms with E-state index in [0.717, 1.165) is 109 Å². The topological polar surface area (TPSA) is 172 Å². The Hall–Kier alpha value is -4.60. The number of piperidine rings is 1. The van der Waals surface area contributed by atoms with Crippen LogP contribution in [0.2, 0.25) is 0 Å². The van der Waals surface area contributed by atoms with Crippen molar-refractivity contribution in [3.63, 3.8) is 0 Å². The Morgan fingerprint density at radius 2 is 1.86 bits per heavy atom. The fourth-order valence-electron chi connectivity index (χ4n) is 6.08. The van der Waals surface area contributed by atoms with E-state index in [4.69, 9.17) is 14.6 Å². The number of aromatic hydroxyl groups is 1. The second-order valence-corrected chi connectivity index (χ2v) is 13.6. The maximum absolute atomic E-state index is 11.8. The molecule has 1 fully saturated rings. The van der Waals surface area contributed by atoms with Gasteiger partial charge in [-0.3, -0.25) is 9.59 Å². The smallest absolute Gasteiger partial charge is 0.305 e. The lowest BCUT2D eigenvalue weighted by Gasteiger charge is -2.32. The highest BCUT2D eigenvalue weighted by Gasteiger charge is 2.22. The second kappa shape index (κ2) is 18.4. The maximum atomic E-state index is 11.8. The van der Waals surface area contributed by atoms with Crippen LogP contribution < -0.4 is 20.7 Å². The van der Waals surface area contributed by atoms with E-state index in [1.165, 1.54) is 10.4 Å². The maximum Gasteiger partial charge on any atom is 0.305 e. The minimum atomic E-state index is -0.153. The number of likely N-dealkylation sites (tertiary alicyclic amines) is 1. The predicted octanol–water partition coefficient (Wildman–Crippen LogP) is 4.74. The van der Waals surface area contributed by atoms with Crippen LogP contribution in [0, 0.1) is 0 Å². The lowest BCUT2D eigenvalue weighted by Crippen LogP contribution is -2.39. The van der Waals surface area contributed by atoms with Crippen molar-refractivity contribution in [1.29, 1.82) is 0 Å². The summed E-state index contributed by atoms with van der Waals surface area (Å²) in [4.78, 5) is 26.7. The third kappa shape index (κ3) is 9.34. The summed E-state index contributed by atoms with van der Waals surface area (Å²) in [6.07, 6.45) is 4.38. The first-order valence-electron chi connectivity index (χ1n) is 16.5. The zero-order chi connectivity index (χ0) is 35.3. The van der Waals surface area contributed by atoms with Crippen molar-refractivity contribution in [2.45, 2.75) is 44.9 Å². The number of nitrogens with zero attached hydrogens (tertiary/aromatic N) is 4. The number of carbonyl (C=O) groups excluding carboxylic acids is 1. The molecule has 7 rings (SSSR count). The fraction of sp³-hybridized carbons (Fsp3) is 0.333. The summed E-state index contributed by atoms with van der Waals surface area (Å²) in [5.41, 5.74) is 10.1. The molecule has 14 heteroatoms. The van der Waals surface area contributed by atoms with Crippen LogP contribution in [0.25, 0.3) is 31.7 Å². The van der Waals surface area contributed by atoms with Crippen LogP contribution in [0.5, 0.6) is 11.5 Å². The highest BCUT2D eigenvalue weighted by Crippen LogP contribution is 2.37. The molecule has 264 valence electrons. The third-order valence-electron chi connectivity index (χ3n) is 8.46. The predicted molar refractivity (Wildman–Crippen MR) is 200 cm³/mol. The Bertz CT molecular complexity index is 2000. The lowest BCUT2D eigenvalue weighted by atomic mass is 10.1. The number of phenols is 1. The van der Waals surface area contributed by atoms with Crippen LogP contribution in [0.4, 0.5) is 0 Å². The number of benzene rings is 3. The van der Waals surface area contributed by atoms with Crippen LogP contribution >= 0.6 is 22.7 Å². The normalized spacial score (nSPS) is 13.4. The van der Waals surface area contributed by atoms with Crippen molar-refractivity contribution in [3.05, 3.63) is 92.9 Å². The summed E-state index contributed by atoms with van der Waals surface area (Å²) in [6.45, 7) is 5.44. The molecule has 3 aromatic heterocycles. The van der Waals surface area contributed by atoms with Gasteiger partial charge in [0.15, 0.2) is 0 Å². The zero-order valence-corrected chi connectivity index (χ0v) is 29.6. The molecule has 0 radical (unpaired) electrons. The molecule has 6 N–H and O–H groups in total. The molecule has 1 amide bonds. The average molecular weight is 718 g/mol. The summed E-state index contributed by atoms with van der Waals surface area (Å²) < 4.78 is 9.30. The molecule has 4 heterocycles. The van der Waals surface area contributed by atoms with Gasteiger partial charge in [0, 0.05) is 33.3 Å². The molecule has 6 aromatic rings. The first-order chi connectivity index (χ1) is 24.5. The number of aromatic nitrogens is 4. The van der Waals surface area contributed by atoms with Gasteiger partial charge in [0.05, 0.1) is 15.1 Å². The summed E-state index contributed by atoms with van der Waals surface area (Å²) in [5.74, 6) is 1.12. The molecular weight excluding hydrogens is 675 g/mol. The van der Waals surface area contributed by atoms with Gasteiger partial charge in [-0.25, -0.2) is 4.68 Å². The molecule has 0 atom stereocenters. The minimum Gasteiger partial charge on any atom is -0.506 e. The number of aromatic amines is 1. The quantitative estimate of drug-likeness (QED) is 0.0886. The molecule has 0 saturated carbocycles. The van der Waals surface area contributed by atoms with Gasteiger partial charge in [0.2, 0.25) is 6.41 Å². The standard InChI is InChI=1S/C34H36N6O3S2.CH3NO.CH4O/c41-29-10-8-25(33-31(29)36-34(42)45-33)11-15-35-22-23-7-9-28-27(21-23)37-38-40(28)17-4-16-39-18-12-26(13-19-39)43-30-14-20-44-32(30)24-5-2-1-3-6-24;2-1-3;1-2/h1-3,5-10,14,20-21,26,35,41H,4,11-13,15-19,22H2,(H,36,42);1H,(H2,2,3);2H,1H3. The van der Waals surface area contributed by atoms with Crippen molar-refractivity contribution >= 4 is 50.3 Å². The van der Waals surface area contributed by atoms with Gasteiger partial charge in [0.1, 0.15) is 28.6 Å². The van der Waals surface area contributed by atoms with E-state index in [1.807, 2.05) is 16.8 Å². The molecule has 1 aliphatic heterocycles. The number of amides is 1. The first-order valence-corrected chi connectivity index (χ1v) is 18.2. The van der Waals surface area contributed by atoms with Crippen LogP contribution in [0.15, 0.2) is 76.9 Å². The number of aliphatic hydroxyl groups is 1. The van der Waals surface area contributed by atoms with E-state index in [9.17, 15) is 9.90 Å². The average Bonchev–Trinajstić information content (AvgIpc) is 3.89. The van der Waals surface area contributed by atoms with Gasteiger partial charge in [0.25, 0.3) is 0 Å². The number of nitrogens with one attached hydrogen (secondary N) is 2. The largest absolute Gasteiger partial charge is 0.506 e. The number of rotatable bonds is 12. The Morgan fingerprint density at radius 3 is 2.64 bits per heavy atom. The Labute approximate surface area is 298 Å². The highest BCUT2D eigenvalue weighted by molar-refractivity contribution is 7.16. The third-order valence-corrected chi connectivity index (χ3v) is 10.4. The summed E-state index contributed by atoms with van der Waals surface area (Å²) in [5, 5.41) is 31.5. The number of nitrogens with two attached hydrogens (primary N) is 1. The molecule has 12 nitrogen and oxygen atoms in total. The number of aryl methyl sites for hydroxylation is 1. The number of fused-ring (bicyclic) bond motifs is 2. The second-order valence-electron chi connectivity index (χ2n) is 11.7. The number of aliphatic hydroxyl groups excluding tert-OH is 1. The molecule has 0 unspecified atom stereocenters. The van der Waals surface area contributed by atoms with Crippen molar-refractivity contribution < 1.29 is 19.7 Å². The molecular formula is C36H43N7O5S2. The summed E-state index contributed by atoms with van der Waals surface area (Å²) >= 11 is 2.88. The van der Waals surface area contributed by atoms with E-state index in [0.29, 0.717) is 12.1 Å². The number of ether oxygens (including phenoxy) is 1. The number of thiazole rings is 1. The van der Waals surface area contributed by atoms with Gasteiger partial charge < -0.3 is 35.9 Å². The Kier molecular flexibility index (Phi) is 13.5. The zero-order valence-electron chi connectivity index (χ0n) is 28.0. The van der Waals surface area contributed by atoms with E-state index in [1.54, 1.807) is 17.4 Å². The van der Waals surface area contributed by atoms with Crippen LogP contribution in [-0.2, 0) is 24.3 Å². The molecule has 1 saturated heterocycles. The van der Waals surface area contributed by atoms with Gasteiger partial charge >= 0.3 is 4.87 Å². The molecule has 1 aliphatic rings.